The second-order valence-electron chi connectivity index (χ2n) is 1.39. The van der Waals surface area contributed by atoms with Crippen LogP contribution in [0.3, 0.4) is 0 Å². The third-order valence-electron chi connectivity index (χ3n) is 0.756. The van der Waals surface area contributed by atoms with Crippen LogP contribution in [0.5, 0.6) is 0 Å². The molecule has 0 aromatic carbocycles. The van der Waals surface area contributed by atoms with Gasteiger partial charge in [0.25, 0.3) is 0 Å². The van der Waals surface area contributed by atoms with Crippen LogP contribution in [0.1, 0.15) is 0 Å². The molecule has 1 aliphatic carbocycles. The van der Waals surface area contributed by atoms with Crippen LogP contribution in [0, 0.1) is 0 Å². The van der Waals surface area contributed by atoms with Gasteiger partial charge in [0, 0.05) is 6.08 Å². The number of hydrogen-bond donors (Lipinski definition) is 0. The van der Waals surface area contributed by atoms with E-state index in [0.717, 1.165) is 6.08 Å². The Bertz CT molecular complexity index is 209. The minimum Gasteiger partial charge on any atom is -0.867 e. The molecule has 0 N–H and O–H groups in total. The number of hydrogen-bond acceptors (Lipinski definition) is 2. The van der Waals surface area contributed by atoms with Crippen LogP contribution in [-0.4, -0.2) is 5.78 Å². The maximum absolute atomic E-state index is 10.3. The molecule has 0 atom stereocenters. The van der Waals surface area contributed by atoms with Crippen molar-refractivity contribution in [2.24, 2.45) is 0 Å². The fourth-order valence-corrected chi connectivity index (χ4v) is 0.396. The molecule has 0 aliphatic heterocycles. The predicted octanol–water partition coefficient (Wildman–Crippen LogP) is -3.47. The molecule has 0 aromatic heterocycles. The van der Waals surface area contributed by atoms with Crippen molar-refractivity contribution in [3.63, 3.8) is 0 Å². The summed E-state index contributed by atoms with van der Waals surface area (Å²) in [6, 6.07) is 0. The van der Waals surface area contributed by atoms with Gasteiger partial charge in [-0.25, -0.2) is 0 Å². The topological polar surface area (TPSA) is 40.1 Å². The normalized spacial score (nSPS) is 14.7. The van der Waals surface area contributed by atoms with Gasteiger partial charge in [0.1, 0.15) is 0 Å². The van der Waals surface area contributed by atoms with Crippen LogP contribution in [-0.2, 0) is 4.79 Å². The van der Waals surface area contributed by atoms with Crippen LogP contribution in [0.25, 0.3) is 0 Å². The largest absolute Gasteiger partial charge is 1.00 e. The van der Waals surface area contributed by atoms with Gasteiger partial charge >= 0.3 is 18.9 Å². The van der Waals surface area contributed by atoms with E-state index in [2.05, 4.69) is 5.73 Å². The monoisotopic (exact) mass is 114 g/mol. The molecule has 0 spiro atoms. The molecule has 0 radical (unpaired) electrons. The molecule has 0 unspecified atom stereocenters. The van der Waals surface area contributed by atoms with E-state index in [0.29, 0.717) is 0 Å². The summed E-state index contributed by atoms with van der Waals surface area (Å²) in [4.78, 5) is 10.3. The summed E-state index contributed by atoms with van der Waals surface area (Å²) in [5, 5.41) is 10.2. The molecule has 40 valence electrons. The third-order valence-corrected chi connectivity index (χ3v) is 0.756. The Balaban J connectivity index is 0.000000640. The summed E-state index contributed by atoms with van der Waals surface area (Å²) in [6.45, 7) is 0. The first-order valence-electron chi connectivity index (χ1n) is 2.15. The Labute approximate surface area is 64.7 Å². The minimum absolute atomic E-state index is 0. The quantitative estimate of drug-likeness (QED) is 0.242. The predicted molar refractivity (Wildman–Crippen MR) is 25.7 cm³/mol. The van der Waals surface area contributed by atoms with Crippen molar-refractivity contribution in [1.82, 2.24) is 0 Å². The first-order chi connectivity index (χ1) is 3.79. The van der Waals surface area contributed by atoms with E-state index in [1.807, 2.05) is 0 Å². The van der Waals surface area contributed by atoms with Crippen molar-refractivity contribution < 1.29 is 28.8 Å². The molecule has 0 heterocycles. The Morgan fingerprint density at radius 2 is 2.11 bits per heavy atom. The van der Waals surface area contributed by atoms with E-state index in [4.69, 9.17) is 0 Å². The molecule has 9 heavy (non-hydrogen) atoms. The van der Waals surface area contributed by atoms with E-state index in [9.17, 15) is 9.90 Å². The number of rotatable bonds is 0. The number of allylic oxidation sites excluding steroid dienone is 2. The van der Waals surface area contributed by atoms with Crippen LogP contribution in [0.2, 0.25) is 0 Å². The second kappa shape index (κ2) is 3.37. The molecule has 0 saturated heterocycles. The van der Waals surface area contributed by atoms with E-state index in [-0.39, 0.29) is 30.4 Å². The molecule has 0 amide bonds. The Morgan fingerprint density at radius 3 is 2.44 bits per heavy atom. The zero-order valence-corrected chi connectivity index (χ0v) is 5.05. The van der Waals surface area contributed by atoms with Crippen molar-refractivity contribution in [3.8, 4) is 0 Å². The Hall–Kier alpha value is -0.673. The molecular weight excluding hydrogens is 111 g/mol. The van der Waals surface area contributed by atoms with E-state index < -0.39 is 0 Å². The first-order valence-corrected chi connectivity index (χ1v) is 2.15. The maximum Gasteiger partial charge on any atom is 1.00 e. The van der Waals surface area contributed by atoms with Crippen LogP contribution < -0.4 is 24.0 Å². The molecule has 0 saturated carbocycles. The molecule has 0 aromatic rings. The Kier molecular flexibility index (Phi) is 3.12. The zero-order chi connectivity index (χ0) is 5.98. The van der Waals surface area contributed by atoms with Gasteiger partial charge in [-0.3, -0.25) is 4.79 Å². The van der Waals surface area contributed by atoms with Gasteiger partial charge < -0.3 is 5.11 Å². The summed E-state index contributed by atoms with van der Waals surface area (Å²) < 4.78 is 0. The number of ketones is 1. The molecule has 1 aliphatic rings. The SMILES string of the molecule is O=C1C=C=C([O-])C=C1.[Li+]. The van der Waals surface area contributed by atoms with Gasteiger partial charge in [-0.2, -0.15) is 0 Å². The average Bonchev–Trinajstić information content (AvgIpc) is 1.77. The van der Waals surface area contributed by atoms with Gasteiger partial charge in [0.15, 0.2) is 5.78 Å². The van der Waals surface area contributed by atoms with Crippen LogP contribution in [0.4, 0.5) is 0 Å². The van der Waals surface area contributed by atoms with Crippen molar-refractivity contribution >= 4 is 5.78 Å². The molecule has 1 rings (SSSR count). The number of carbonyl (C=O) groups excluding carboxylic acids is 1. The molecule has 0 fully saturated rings. The van der Waals surface area contributed by atoms with E-state index >= 15 is 0 Å². The summed E-state index contributed by atoms with van der Waals surface area (Å²) in [6.07, 6.45) is 3.55. The standard InChI is InChI=1S/C6H4O2.Li/c7-5-1-2-6(8)4-3-5;/h1-3,8H;/q;+1/p-1. The first kappa shape index (κ1) is 8.33. The second-order valence-corrected chi connectivity index (χ2v) is 1.39. The van der Waals surface area contributed by atoms with Crippen molar-refractivity contribution in [2.45, 2.75) is 0 Å². The zero-order valence-electron chi connectivity index (χ0n) is 5.05. The maximum atomic E-state index is 10.3. The molecule has 2 nitrogen and oxygen atoms in total. The average molecular weight is 114 g/mol. The van der Waals surface area contributed by atoms with Crippen LogP contribution in [0.15, 0.2) is 29.7 Å². The minimum atomic E-state index is -0.246. The summed E-state index contributed by atoms with van der Waals surface area (Å²) >= 11 is 0. The number of carbonyl (C=O) groups is 1. The van der Waals surface area contributed by atoms with Crippen molar-refractivity contribution in [3.05, 3.63) is 29.7 Å². The fraction of sp³-hybridized carbons (Fsp3) is 0. The summed E-state index contributed by atoms with van der Waals surface area (Å²) in [5.41, 5.74) is 2.23. The smallest absolute Gasteiger partial charge is 0.867 e. The van der Waals surface area contributed by atoms with Crippen molar-refractivity contribution in [2.75, 3.05) is 0 Å². The molecule has 3 heteroatoms. The van der Waals surface area contributed by atoms with Gasteiger partial charge in [0.05, 0.1) is 0 Å². The molecular formula is C6H3LiO2. The Morgan fingerprint density at radius 1 is 1.44 bits per heavy atom. The van der Waals surface area contributed by atoms with Crippen LogP contribution >= 0.6 is 0 Å². The molecule has 0 bridgehead atoms. The summed E-state index contributed by atoms with van der Waals surface area (Å²) in [5.74, 6) is -0.422. The van der Waals surface area contributed by atoms with Gasteiger partial charge in [-0.15, -0.1) is 5.73 Å². The van der Waals surface area contributed by atoms with Crippen molar-refractivity contribution in [1.29, 1.82) is 0 Å². The summed E-state index contributed by atoms with van der Waals surface area (Å²) in [7, 11) is 0. The van der Waals surface area contributed by atoms with E-state index in [1.165, 1.54) is 12.2 Å². The fourth-order valence-electron chi connectivity index (χ4n) is 0.396. The van der Waals surface area contributed by atoms with E-state index in [1.54, 1.807) is 0 Å². The third kappa shape index (κ3) is 2.39. The van der Waals surface area contributed by atoms with Gasteiger partial charge in [0.2, 0.25) is 0 Å². The van der Waals surface area contributed by atoms with Gasteiger partial charge in [-0.05, 0) is 6.08 Å². The van der Waals surface area contributed by atoms with Gasteiger partial charge in [-0.1, -0.05) is 11.8 Å².